The minimum absolute atomic E-state index is 0.689. The normalized spacial score (nSPS) is 19.2. The molecule has 0 saturated carbocycles. The zero-order chi connectivity index (χ0) is 13.5. The van der Waals surface area contributed by atoms with E-state index in [2.05, 4.69) is 39.3 Å². The third-order valence-electron chi connectivity index (χ3n) is 2.64. The molecule has 2 N–H and O–H groups in total. The molecule has 7 heteroatoms. The molecule has 1 aromatic rings. The summed E-state index contributed by atoms with van der Waals surface area (Å²) < 4.78 is 0. The first-order chi connectivity index (χ1) is 9.31. The van der Waals surface area contributed by atoms with Crippen LogP contribution in [-0.4, -0.2) is 51.8 Å². The highest BCUT2D eigenvalue weighted by Gasteiger charge is 2.14. The maximum absolute atomic E-state index is 4.50. The van der Waals surface area contributed by atoms with E-state index in [1.54, 1.807) is 11.8 Å². The second kappa shape index (κ2) is 8.11. The Morgan fingerprint density at radius 1 is 1.32 bits per heavy atom. The number of anilines is 2. The van der Waals surface area contributed by atoms with Crippen molar-refractivity contribution in [1.82, 2.24) is 9.97 Å². The van der Waals surface area contributed by atoms with Crippen LogP contribution >= 0.6 is 35.3 Å². The van der Waals surface area contributed by atoms with E-state index in [-0.39, 0.29) is 0 Å². The van der Waals surface area contributed by atoms with Gasteiger partial charge < -0.3 is 10.6 Å². The van der Waals surface area contributed by atoms with Gasteiger partial charge in [0.2, 0.25) is 0 Å². The van der Waals surface area contributed by atoms with Gasteiger partial charge in [-0.15, -0.1) is 0 Å². The highest BCUT2D eigenvalue weighted by atomic mass is 32.2. The van der Waals surface area contributed by atoms with Gasteiger partial charge in [-0.25, -0.2) is 9.97 Å². The summed E-state index contributed by atoms with van der Waals surface area (Å²) in [6.45, 7) is 3.93. The zero-order valence-corrected chi connectivity index (χ0v) is 13.8. The molecule has 2 heterocycles. The Morgan fingerprint density at radius 3 is 2.74 bits per heavy atom. The Morgan fingerprint density at radius 2 is 2.11 bits per heavy atom. The first kappa shape index (κ1) is 15.1. The van der Waals surface area contributed by atoms with Gasteiger partial charge in [0.05, 0.1) is 0 Å². The molecule has 1 saturated heterocycles. The van der Waals surface area contributed by atoms with Crippen LogP contribution in [0.3, 0.4) is 0 Å². The van der Waals surface area contributed by atoms with Gasteiger partial charge in [0, 0.05) is 41.7 Å². The van der Waals surface area contributed by atoms with Gasteiger partial charge in [0.1, 0.15) is 11.6 Å². The number of thioether (sulfide) groups is 3. The van der Waals surface area contributed by atoms with Crippen molar-refractivity contribution in [2.75, 3.05) is 47.2 Å². The van der Waals surface area contributed by atoms with E-state index in [4.69, 9.17) is 0 Å². The first-order valence-electron chi connectivity index (χ1n) is 6.42. The van der Waals surface area contributed by atoms with Gasteiger partial charge in [-0.05, 0) is 13.2 Å². The predicted molar refractivity (Wildman–Crippen MR) is 90.0 cm³/mol. The van der Waals surface area contributed by atoms with Crippen LogP contribution in [0.2, 0.25) is 0 Å². The van der Waals surface area contributed by atoms with Gasteiger partial charge in [-0.3, -0.25) is 0 Å². The summed E-state index contributed by atoms with van der Waals surface area (Å²) in [5.41, 5.74) is 0. The van der Waals surface area contributed by atoms with Crippen LogP contribution in [0.5, 0.6) is 0 Å². The molecule has 106 valence electrons. The van der Waals surface area contributed by atoms with E-state index in [0.29, 0.717) is 5.25 Å². The number of hydrogen-bond acceptors (Lipinski definition) is 7. The molecule has 0 spiro atoms. The Kier molecular flexibility index (Phi) is 6.46. The molecule has 1 aliphatic rings. The fourth-order valence-electron chi connectivity index (χ4n) is 1.75. The van der Waals surface area contributed by atoms with Crippen molar-refractivity contribution in [2.45, 2.75) is 17.3 Å². The standard InChI is InChI=1S/C12H20N4S3/c1-3-13-10-6-11(16-12(15-10)17-2)14-7-9-8-18-4-5-19-9/h6,9H,3-5,7-8H2,1-2H3,(H2,13,14,15,16). The van der Waals surface area contributed by atoms with Crippen LogP contribution in [0.4, 0.5) is 11.6 Å². The summed E-state index contributed by atoms with van der Waals surface area (Å²) in [5.74, 6) is 5.61. The summed E-state index contributed by atoms with van der Waals surface area (Å²) in [5, 5.41) is 8.20. The molecular weight excluding hydrogens is 296 g/mol. The molecule has 19 heavy (non-hydrogen) atoms. The smallest absolute Gasteiger partial charge is 0.191 e. The van der Waals surface area contributed by atoms with Crippen molar-refractivity contribution < 1.29 is 0 Å². The Bertz CT molecular complexity index is 397. The van der Waals surface area contributed by atoms with Crippen molar-refractivity contribution in [3.8, 4) is 0 Å². The van der Waals surface area contributed by atoms with Crippen molar-refractivity contribution >= 4 is 46.9 Å². The Hall–Kier alpha value is -0.270. The molecule has 1 unspecified atom stereocenters. The number of nitrogens with one attached hydrogen (secondary N) is 2. The summed E-state index contributed by atoms with van der Waals surface area (Å²) in [7, 11) is 0. The van der Waals surface area contributed by atoms with E-state index in [0.717, 1.165) is 29.9 Å². The minimum atomic E-state index is 0.689. The lowest BCUT2D eigenvalue weighted by atomic mass is 10.4. The molecular formula is C12H20N4S3. The number of hydrogen-bond donors (Lipinski definition) is 2. The number of nitrogens with zero attached hydrogens (tertiary/aromatic N) is 2. The summed E-state index contributed by atoms with van der Waals surface area (Å²) in [6, 6.07) is 1.99. The molecule has 0 aliphatic carbocycles. The molecule has 1 aliphatic heterocycles. The largest absolute Gasteiger partial charge is 0.370 e. The monoisotopic (exact) mass is 316 g/mol. The van der Waals surface area contributed by atoms with Crippen LogP contribution < -0.4 is 10.6 Å². The molecule has 2 rings (SSSR count). The van der Waals surface area contributed by atoms with Crippen LogP contribution in [-0.2, 0) is 0 Å². The maximum atomic E-state index is 4.50. The van der Waals surface area contributed by atoms with E-state index in [9.17, 15) is 0 Å². The zero-order valence-electron chi connectivity index (χ0n) is 11.3. The molecule has 1 fully saturated rings. The van der Waals surface area contributed by atoms with Crippen LogP contribution in [0.15, 0.2) is 11.2 Å². The van der Waals surface area contributed by atoms with Crippen molar-refractivity contribution in [1.29, 1.82) is 0 Å². The maximum Gasteiger partial charge on any atom is 0.191 e. The van der Waals surface area contributed by atoms with Gasteiger partial charge >= 0.3 is 0 Å². The van der Waals surface area contributed by atoms with Crippen LogP contribution in [0, 0.1) is 0 Å². The average Bonchev–Trinajstić information content (AvgIpc) is 2.46. The molecule has 4 nitrogen and oxygen atoms in total. The fourth-order valence-corrected chi connectivity index (χ4v) is 4.74. The highest BCUT2D eigenvalue weighted by molar-refractivity contribution is 8.06. The van der Waals surface area contributed by atoms with E-state index < -0.39 is 0 Å². The molecule has 0 amide bonds. The van der Waals surface area contributed by atoms with Gasteiger partial charge in [-0.1, -0.05) is 11.8 Å². The van der Waals surface area contributed by atoms with E-state index in [1.165, 1.54) is 17.3 Å². The topological polar surface area (TPSA) is 49.8 Å². The lowest BCUT2D eigenvalue weighted by Gasteiger charge is -2.21. The number of rotatable bonds is 6. The second-order valence-corrected chi connectivity index (χ2v) is 7.44. The molecule has 1 atom stereocenters. The second-order valence-electron chi connectivity index (χ2n) is 4.10. The fraction of sp³-hybridized carbons (Fsp3) is 0.667. The average molecular weight is 317 g/mol. The van der Waals surface area contributed by atoms with Crippen molar-refractivity contribution in [3.05, 3.63) is 6.07 Å². The molecule has 0 aromatic carbocycles. The predicted octanol–water partition coefficient (Wildman–Crippen LogP) is 2.89. The van der Waals surface area contributed by atoms with Gasteiger partial charge in [0.15, 0.2) is 5.16 Å². The SMILES string of the molecule is CCNc1cc(NCC2CSCCS2)nc(SC)n1. The lowest BCUT2D eigenvalue weighted by molar-refractivity contribution is 0.934. The summed E-state index contributed by atoms with van der Waals surface area (Å²) in [6.07, 6.45) is 2.00. The highest BCUT2D eigenvalue weighted by Crippen LogP contribution is 2.24. The van der Waals surface area contributed by atoms with Gasteiger partial charge in [-0.2, -0.15) is 23.5 Å². The van der Waals surface area contributed by atoms with Crippen LogP contribution in [0.25, 0.3) is 0 Å². The first-order valence-corrected chi connectivity index (χ1v) is 9.84. The van der Waals surface area contributed by atoms with E-state index in [1.807, 2.05) is 24.1 Å². The van der Waals surface area contributed by atoms with Crippen molar-refractivity contribution in [3.63, 3.8) is 0 Å². The quantitative estimate of drug-likeness (QED) is 0.618. The lowest BCUT2D eigenvalue weighted by Crippen LogP contribution is -2.23. The molecule has 1 aromatic heterocycles. The molecule has 0 bridgehead atoms. The Balaban J connectivity index is 1.95. The number of aromatic nitrogens is 2. The Labute approximate surface area is 127 Å². The minimum Gasteiger partial charge on any atom is -0.370 e. The summed E-state index contributed by atoms with van der Waals surface area (Å²) in [4.78, 5) is 8.93. The van der Waals surface area contributed by atoms with Crippen molar-refractivity contribution in [2.24, 2.45) is 0 Å². The van der Waals surface area contributed by atoms with Crippen LogP contribution in [0.1, 0.15) is 6.92 Å². The summed E-state index contributed by atoms with van der Waals surface area (Å²) >= 11 is 5.68. The third kappa shape index (κ3) is 4.96. The van der Waals surface area contributed by atoms with E-state index >= 15 is 0 Å². The third-order valence-corrected chi connectivity index (χ3v) is 6.03. The molecule has 0 radical (unpaired) electrons. The van der Waals surface area contributed by atoms with Gasteiger partial charge in [0.25, 0.3) is 0 Å².